The molecule has 0 aliphatic heterocycles. The van der Waals surface area contributed by atoms with E-state index in [-0.39, 0.29) is 0 Å². The molecule has 30 heavy (non-hydrogen) atoms. The summed E-state index contributed by atoms with van der Waals surface area (Å²) < 4.78 is 11.3. The van der Waals surface area contributed by atoms with Crippen molar-refractivity contribution >= 4 is 27.7 Å². The molecule has 0 amide bonds. The normalized spacial score (nSPS) is 11.1. The maximum atomic E-state index is 5.97. The molecule has 2 aromatic carbocycles. The highest BCUT2D eigenvalue weighted by Crippen LogP contribution is 2.27. The van der Waals surface area contributed by atoms with E-state index in [0.717, 1.165) is 39.0 Å². The van der Waals surface area contributed by atoms with Gasteiger partial charge in [-0.15, -0.1) is 0 Å². The maximum absolute atomic E-state index is 5.97. The van der Waals surface area contributed by atoms with Crippen LogP contribution in [-0.4, -0.2) is 35.2 Å². The first-order valence-corrected chi connectivity index (χ1v) is 9.76. The number of nitrogens with zero attached hydrogens (tertiary/aromatic N) is 4. The lowest BCUT2D eigenvalue weighted by atomic mass is 10.2. The SMILES string of the molecule is CN(CCOc1ccc2occc2c1)c1nc(-c2cccnc2)nc2ccccc12. The zero-order valence-electron chi connectivity index (χ0n) is 16.5. The molecule has 0 spiro atoms. The highest BCUT2D eigenvalue weighted by atomic mass is 16.5. The van der Waals surface area contributed by atoms with Crippen molar-refractivity contribution in [1.82, 2.24) is 15.0 Å². The molecule has 0 bridgehead atoms. The Morgan fingerprint density at radius 1 is 1.00 bits per heavy atom. The second-order valence-corrected chi connectivity index (χ2v) is 7.02. The summed E-state index contributed by atoms with van der Waals surface area (Å²) in [5.74, 6) is 2.35. The first kappa shape index (κ1) is 18.1. The predicted octanol–water partition coefficient (Wildman–Crippen LogP) is 4.95. The summed E-state index contributed by atoms with van der Waals surface area (Å²) >= 11 is 0. The van der Waals surface area contributed by atoms with Crippen LogP contribution in [0.2, 0.25) is 0 Å². The number of anilines is 1. The molecule has 0 unspecified atom stereocenters. The number of para-hydroxylation sites is 1. The van der Waals surface area contributed by atoms with Crippen molar-refractivity contribution in [2.45, 2.75) is 0 Å². The number of aromatic nitrogens is 3. The molecule has 0 N–H and O–H groups in total. The summed E-state index contributed by atoms with van der Waals surface area (Å²) in [5, 5.41) is 2.04. The van der Waals surface area contributed by atoms with Gasteiger partial charge in [0.25, 0.3) is 0 Å². The Morgan fingerprint density at radius 2 is 1.93 bits per heavy atom. The van der Waals surface area contributed by atoms with Crippen molar-refractivity contribution in [2.24, 2.45) is 0 Å². The fourth-order valence-electron chi connectivity index (χ4n) is 3.42. The lowest BCUT2D eigenvalue weighted by molar-refractivity contribution is 0.326. The number of hydrogen-bond acceptors (Lipinski definition) is 6. The van der Waals surface area contributed by atoms with Gasteiger partial charge in [-0.1, -0.05) is 12.1 Å². The van der Waals surface area contributed by atoms with Gasteiger partial charge in [-0.05, 0) is 48.5 Å². The molecule has 0 fully saturated rings. The van der Waals surface area contributed by atoms with Crippen molar-refractivity contribution in [2.75, 3.05) is 25.1 Å². The fourth-order valence-corrected chi connectivity index (χ4v) is 3.42. The summed E-state index contributed by atoms with van der Waals surface area (Å²) in [4.78, 5) is 15.9. The summed E-state index contributed by atoms with van der Waals surface area (Å²) in [7, 11) is 2.02. The third-order valence-corrected chi connectivity index (χ3v) is 4.98. The van der Waals surface area contributed by atoms with Crippen LogP contribution in [-0.2, 0) is 0 Å². The second kappa shape index (κ2) is 7.83. The van der Waals surface area contributed by atoms with Gasteiger partial charge in [0, 0.05) is 35.8 Å². The number of hydrogen-bond donors (Lipinski definition) is 0. The van der Waals surface area contributed by atoms with Gasteiger partial charge in [-0.25, -0.2) is 9.97 Å². The van der Waals surface area contributed by atoms with Gasteiger partial charge < -0.3 is 14.1 Å². The Bertz CT molecular complexity index is 1300. The first-order chi connectivity index (χ1) is 14.8. The van der Waals surface area contributed by atoms with Crippen LogP contribution in [0.1, 0.15) is 0 Å². The highest BCUT2D eigenvalue weighted by Gasteiger charge is 2.13. The summed E-state index contributed by atoms with van der Waals surface area (Å²) in [5.41, 5.74) is 2.65. The monoisotopic (exact) mass is 396 g/mol. The Kier molecular flexibility index (Phi) is 4.73. The van der Waals surface area contributed by atoms with E-state index < -0.39 is 0 Å². The first-order valence-electron chi connectivity index (χ1n) is 9.76. The predicted molar refractivity (Wildman–Crippen MR) is 118 cm³/mol. The minimum absolute atomic E-state index is 0.528. The number of furan rings is 1. The number of ether oxygens (including phenoxy) is 1. The third-order valence-electron chi connectivity index (χ3n) is 4.98. The molecule has 0 radical (unpaired) electrons. The highest BCUT2D eigenvalue weighted by molar-refractivity contribution is 5.91. The molecule has 0 atom stereocenters. The topological polar surface area (TPSA) is 64.3 Å². The van der Waals surface area contributed by atoms with Crippen LogP contribution in [0, 0.1) is 0 Å². The molecular formula is C24H20N4O2. The van der Waals surface area contributed by atoms with E-state index in [0.29, 0.717) is 19.0 Å². The molecule has 0 saturated carbocycles. The van der Waals surface area contributed by atoms with E-state index in [1.54, 1.807) is 18.7 Å². The van der Waals surface area contributed by atoms with Gasteiger partial charge in [0.05, 0.1) is 18.3 Å². The molecule has 3 aromatic heterocycles. The fraction of sp³-hybridized carbons (Fsp3) is 0.125. The van der Waals surface area contributed by atoms with Crippen LogP contribution < -0.4 is 9.64 Å². The average molecular weight is 396 g/mol. The van der Waals surface area contributed by atoms with E-state index >= 15 is 0 Å². The maximum Gasteiger partial charge on any atom is 0.163 e. The van der Waals surface area contributed by atoms with Crippen molar-refractivity contribution < 1.29 is 9.15 Å². The molecule has 148 valence electrons. The van der Waals surface area contributed by atoms with Gasteiger partial charge in [-0.2, -0.15) is 0 Å². The minimum atomic E-state index is 0.528. The molecular weight excluding hydrogens is 376 g/mol. The Morgan fingerprint density at radius 3 is 2.83 bits per heavy atom. The van der Waals surface area contributed by atoms with Crippen molar-refractivity contribution in [3.63, 3.8) is 0 Å². The number of likely N-dealkylation sites (N-methyl/N-ethyl adjacent to an activating group) is 1. The Balaban J connectivity index is 1.38. The molecule has 6 heteroatoms. The second-order valence-electron chi connectivity index (χ2n) is 7.02. The molecule has 5 rings (SSSR count). The minimum Gasteiger partial charge on any atom is -0.492 e. The van der Waals surface area contributed by atoms with Crippen molar-refractivity contribution in [3.05, 3.63) is 79.3 Å². The summed E-state index contributed by atoms with van der Waals surface area (Å²) in [6.07, 6.45) is 5.21. The molecule has 0 saturated heterocycles. The van der Waals surface area contributed by atoms with E-state index in [1.165, 1.54) is 0 Å². The smallest absolute Gasteiger partial charge is 0.163 e. The Hall–Kier alpha value is -3.93. The van der Waals surface area contributed by atoms with Crippen LogP contribution in [0.5, 0.6) is 5.75 Å². The van der Waals surface area contributed by atoms with Gasteiger partial charge in [-0.3, -0.25) is 4.98 Å². The third kappa shape index (κ3) is 3.55. The van der Waals surface area contributed by atoms with Crippen LogP contribution >= 0.6 is 0 Å². The van der Waals surface area contributed by atoms with E-state index in [4.69, 9.17) is 19.1 Å². The molecule has 3 heterocycles. The molecule has 6 nitrogen and oxygen atoms in total. The van der Waals surface area contributed by atoms with Gasteiger partial charge in [0.2, 0.25) is 0 Å². The van der Waals surface area contributed by atoms with Crippen molar-refractivity contribution in [3.8, 4) is 17.1 Å². The summed E-state index contributed by atoms with van der Waals surface area (Å²) in [6.45, 7) is 1.21. The molecule has 0 aliphatic rings. The lowest BCUT2D eigenvalue weighted by Crippen LogP contribution is -2.25. The summed E-state index contributed by atoms with van der Waals surface area (Å²) in [6, 6.07) is 19.7. The zero-order valence-corrected chi connectivity index (χ0v) is 16.5. The Labute approximate surface area is 173 Å². The van der Waals surface area contributed by atoms with Crippen molar-refractivity contribution in [1.29, 1.82) is 0 Å². The van der Waals surface area contributed by atoms with Gasteiger partial charge in [0.1, 0.15) is 23.8 Å². The zero-order chi connectivity index (χ0) is 20.3. The number of fused-ring (bicyclic) bond motifs is 2. The van der Waals surface area contributed by atoms with Gasteiger partial charge >= 0.3 is 0 Å². The van der Waals surface area contributed by atoms with Crippen LogP contribution in [0.15, 0.2) is 83.7 Å². The van der Waals surface area contributed by atoms with E-state index in [1.807, 2.05) is 67.7 Å². The van der Waals surface area contributed by atoms with Crippen LogP contribution in [0.3, 0.4) is 0 Å². The average Bonchev–Trinajstić information content (AvgIpc) is 3.27. The largest absolute Gasteiger partial charge is 0.492 e. The van der Waals surface area contributed by atoms with E-state index in [9.17, 15) is 0 Å². The van der Waals surface area contributed by atoms with Crippen LogP contribution in [0.4, 0.5) is 5.82 Å². The standard InChI is InChI=1S/C24H20N4O2/c1-28(12-14-29-19-8-9-22-17(15-19)10-13-30-22)24-20-6-2-3-7-21(20)26-23(27-24)18-5-4-11-25-16-18/h2-11,13,15-16H,12,14H2,1H3. The van der Waals surface area contributed by atoms with Crippen LogP contribution in [0.25, 0.3) is 33.3 Å². The number of pyridine rings is 1. The number of benzene rings is 2. The molecule has 5 aromatic rings. The quantitative estimate of drug-likeness (QED) is 0.404. The lowest BCUT2D eigenvalue weighted by Gasteiger charge is -2.21. The van der Waals surface area contributed by atoms with Gasteiger partial charge in [0.15, 0.2) is 5.82 Å². The molecule has 0 aliphatic carbocycles. The number of rotatable bonds is 6. The van der Waals surface area contributed by atoms with E-state index in [2.05, 4.69) is 9.88 Å².